The molecule has 0 spiro atoms. The Morgan fingerprint density at radius 3 is 2.57 bits per heavy atom. The third kappa shape index (κ3) is 5.36. The maximum Gasteiger partial charge on any atom is 0.417 e. The van der Waals surface area contributed by atoms with Crippen LogP contribution in [0.3, 0.4) is 0 Å². The van der Waals surface area contributed by atoms with Crippen LogP contribution in [-0.2, 0) is 22.0 Å². The van der Waals surface area contributed by atoms with Gasteiger partial charge in [-0.3, -0.25) is 14.6 Å². The second-order valence-corrected chi connectivity index (χ2v) is 12.1. The van der Waals surface area contributed by atoms with Gasteiger partial charge in [0.2, 0.25) is 5.91 Å². The Morgan fingerprint density at radius 2 is 1.93 bits per heavy atom. The molecular weight excluding hydrogens is 632 g/mol. The molecule has 6 rings (SSSR count). The van der Waals surface area contributed by atoms with E-state index in [1.54, 1.807) is 6.92 Å². The Balaban J connectivity index is 1.39. The molecule has 2 aromatic heterocycles. The van der Waals surface area contributed by atoms with E-state index in [0.29, 0.717) is 24.6 Å². The van der Waals surface area contributed by atoms with Gasteiger partial charge in [-0.25, -0.2) is 9.37 Å². The van der Waals surface area contributed by atoms with Crippen LogP contribution in [-0.4, -0.2) is 47.2 Å². The summed E-state index contributed by atoms with van der Waals surface area (Å²) in [6.07, 6.45) is -2.78. The molecule has 0 saturated heterocycles. The van der Waals surface area contributed by atoms with E-state index in [1.165, 1.54) is 37.4 Å². The predicted molar refractivity (Wildman–Crippen MR) is 159 cm³/mol. The molecule has 1 saturated carbocycles. The fraction of sp³-hybridized carbons (Fsp3) is 0.312. The van der Waals surface area contributed by atoms with Crippen molar-refractivity contribution in [2.24, 2.45) is 11.7 Å². The average molecular weight is 659 g/mol. The van der Waals surface area contributed by atoms with Crippen LogP contribution in [0.25, 0.3) is 22.2 Å². The van der Waals surface area contributed by atoms with Gasteiger partial charge in [0.1, 0.15) is 46.1 Å². The number of rotatable bonds is 8. The van der Waals surface area contributed by atoms with E-state index in [2.05, 4.69) is 15.3 Å². The zero-order chi connectivity index (χ0) is 33.2. The predicted octanol–water partition coefficient (Wildman–Crippen LogP) is 5.28. The number of aromatic nitrogens is 2. The summed E-state index contributed by atoms with van der Waals surface area (Å²) in [5.74, 6) is -2.18. The highest BCUT2D eigenvalue weighted by Crippen LogP contribution is 2.50. The number of methoxy groups -OCH3 is 1. The first-order valence-electron chi connectivity index (χ1n) is 14.2. The Morgan fingerprint density at radius 1 is 1.20 bits per heavy atom. The van der Waals surface area contributed by atoms with Crippen LogP contribution in [0.15, 0.2) is 48.7 Å². The number of nitrogens with zero attached hydrogens (tertiary/aromatic N) is 2. The van der Waals surface area contributed by atoms with E-state index < -0.39 is 40.4 Å². The lowest BCUT2D eigenvalue weighted by atomic mass is 9.81. The normalized spacial score (nSPS) is 18.9. The van der Waals surface area contributed by atoms with Crippen LogP contribution in [0, 0.1) is 11.7 Å². The van der Waals surface area contributed by atoms with Gasteiger partial charge >= 0.3 is 6.18 Å². The third-order valence-corrected chi connectivity index (χ3v) is 8.89. The van der Waals surface area contributed by atoms with Crippen molar-refractivity contribution in [1.29, 1.82) is 0 Å². The molecule has 4 N–H and O–H groups in total. The number of nitrogens with one attached hydrogen (secondary N) is 1. The molecule has 2 atom stereocenters. The molecule has 1 aliphatic carbocycles. The first-order valence-corrected chi connectivity index (χ1v) is 14.5. The number of hydrogen-bond donors (Lipinski definition) is 3. The number of nitrogens with two attached hydrogens (primary N) is 1. The first-order chi connectivity index (χ1) is 21.7. The van der Waals surface area contributed by atoms with Gasteiger partial charge < -0.3 is 25.6 Å². The molecule has 0 radical (unpaired) electrons. The summed E-state index contributed by atoms with van der Waals surface area (Å²) in [6.45, 7) is 1.12. The molecule has 2 amide bonds. The lowest BCUT2D eigenvalue weighted by Crippen LogP contribution is -2.44. The number of pyridine rings is 2. The number of ether oxygens (including phenoxy) is 2. The van der Waals surface area contributed by atoms with Crippen LogP contribution in [0.5, 0.6) is 11.5 Å². The van der Waals surface area contributed by atoms with Crippen molar-refractivity contribution in [3.63, 3.8) is 0 Å². The molecule has 14 heteroatoms. The molecule has 0 bridgehead atoms. The minimum atomic E-state index is -4.65. The summed E-state index contributed by atoms with van der Waals surface area (Å²) in [5.41, 5.74) is 2.65. The minimum absolute atomic E-state index is 0.0300. The summed E-state index contributed by atoms with van der Waals surface area (Å²) in [6, 6.07) is 8.99. The lowest BCUT2D eigenvalue weighted by molar-refractivity contribution is -0.137. The van der Waals surface area contributed by atoms with Gasteiger partial charge in [0.25, 0.3) is 5.91 Å². The molecule has 240 valence electrons. The van der Waals surface area contributed by atoms with E-state index in [1.807, 2.05) is 0 Å². The Hall–Kier alpha value is -4.49. The Labute approximate surface area is 264 Å². The fourth-order valence-corrected chi connectivity index (χ4v) is 5.75. The largest absolute Gasteiger partial charge is 0.494 e. The minimum Gasteiger partial charge on any atom is -0.494 e. The number of amides is 2. The summed E-state index contributed by atoms with van der Waals surface area (Å²) in [5, 5.41) is 14.7. The number of alkyl halides is 3. The second kappa shape index (κ2) is 11.1. The van der Waals surface area contributed by atoms with Crippen molar-refractivity contribution in [3.05, 3.63) is 81.9 Å². The van der Waals surface area contributed by atoms with Crippen LogP contribution < -0.4 is 20.5 Å². The summed E-state index contributed by atoms with van der Waals surface area (Å²) in [4.78, 5) is 34.5. The van der Waals surface area contributed by atoms with Gasteiger partial charge in [-0.15, -0.1) is 0 Å². The molecule has 1 aliphatic heterocycles. The van der Waals surface area contributed by atoms with E-state index in [9.17, 15) is 32.3 Å². The maximum atomic E-state index is 14.5. The van der Waals surface area contributed by atoms with E-state index in [-0.39, 0.29) is 69.0 Å². The smallest absolute Gasteiger partial charge is 0.417 e. The van der Waals surface area contributed by atoms with Gasteiger partial charge in [-0.1, -0.05) is 17.7 Å². The zero-order valence-corrected chi connectivity index (χ0v) is 25.2. The van der Waals surface area contributed by atoms with Gasteiger partial charge in [-0.2, -0.15) is 13.2 Å². The second-order valence-electron chi connectivity index (χ2n) is 11.7. The van der Waals surface area contributed by atoms with Gasteiger partial charge in [0.05, 0.1) is 29.9 Å². The topological polar surface area (TPSA) is 137 Å². The highest BCUT2D eigenvalue weighted by molar-refractivity contribution is 6.30. The SMILES string of the molecule is COc1cc(C(=O)NC[C@](O)(c2cc3c(c(-c4ccc(Cl)c(F)c4)n2)OC[C@]3(C)C(N)=O)C2CC2)cc2cc(C(F)(F)F)cnc12. The monoisotopic (exact) mass is 658 g/mol. The summed E-state index contributed by atoms with van der Waals surface area (Å²) >= 11 is 5.90. The summed E-state index contributed by atoms with van der Waals surface area (Å²) in [7, 11) is 1.30. The highest BCUT2D eigenvalue weighted by atomic mass is 35.5. The number of halogens is 5. The number of primary amides is 1. The number of hydrogen-bond acceptors (Lipinski definition) is 7. The zero-order valence-electron chi connectivity index (χ0n) is 24.5. The molecule has 4 aromatic rings. The Kier molecular flexibility index (Phi) is 7.59. The number of aliphatic hydroxyl groups is 1. The Bertz CT molecular complexity index is 1920. The molecule has 3 heterocycles. The molecule has 2 aromatic carbocycles. The molecule has 46 heavy (non-hydrogen) atoms. The quantitative estimate of drug-likeness (QED) is 0.219. The van der Waals surface area contributed by atoms with Gasteiger partial charge in [-0.05, 0) is 62.1 Å². The maximum absolute atomic E-state index is 14.5. The molecule has 1 fully saturated rings. The van der Waals surface area contributed by atoms with Crippen molar-refractivity contribution in [3.8, 4) is 22.8 Å². The van der Waals surface area contributed by atoms with E-state index >= 15 is 0 Å². The van der Waals surface area contributed by atoms with E-state index in [4.69, 9.17) is 26.8 Å². The molecule has 9 nitrogen and oxygen atoms in total. The molecular formula is C32H27ClF4N4O5. The first kappa shape index (κ1) is 31.5. The van der Waals surface area contributed by atoms with Crippen molar-refractivity contribution in [2.75, 3.05) is 20.3 Å². The highest BCUT2D eigenvalue weighted by Gasteiger charge is 2.50. The fourth-order valence-electron chi connectivity index (χ4n) is 5.63. The van der Waals surface area contributed by atoms with Crippen molar-refractivity contribution in [2.45, 2.75) is 37.0 Å². The lowest BCUT2D eigenvalue weighted by Gasteiger charge is -2.30. The summed E-state index contributed by atoms with van der Waals surface area (Å²) < 4.78 is 65.8. The van der Waals surface area contributed by atoms with Crippen molar-refractivity contribution in [1.82, 2.24) is 15.3 Å². The van der Waals surface area contributed by atoms with E-state index in [0.717, 1.165) is 12.1 Å². The van der Waals surface area contributed by atoms with Crippen LogP contribution >= 0.6 is 11.6 Å². The van der Waals surface area contributed by atoms with Crippen LogP contribution in [0.2, 0.25) is 5.02 Å². The number of carbonyl (C=O) groups is 2. The van der Waals surface area contributed by atoms with Crippen LogP contribution in [0.4, 0.5) is 17.6 Å². The van der Waals surface area contributed by atoms with Gasteiger partial charge in [0, 0.05) is 28.3 Å². The number of benzene rings is 2. The number of carbonyl (C=O) groups excluding carboxylic acids is 2. The van der Waals surface area contributed by atoms with Crippen molar-refractivity contribution >= 4 is 34.3 Å². The molecule has 2 aliphatic rings. The standard InChI is InChI=1S/C32H27ClF4N4O5/c1-30(29(38)43)14-46-27-20(30)11-24(41-26(27)15-3-6-21(33)22(34)9-15)31(44,18-4-5-18)13-40-28(42)17-7-16-8-19(32(35,36)37)12-39-25(16)23(10-17)45-2/h3,6-12,18,44H,4-5,13-14H2,1-2H3,(H2,38,43)(H,40,42)/t30-,31+/m0/s1. The van der Waals surface area contributed by atoms with Crippen LogP contribution in [0.1, 0.15) is 46.9 Å². The average Bonchev–Trinajstić information content (AvgIpc) is 3.83. The molecule has 0 unspecified atom stereocenters. The third-order valence-electron chi connectivity index (χ3n) is 8.58. The van der Waals surface area contributed by atoms with Crippen molar-refractivity contribution < 1.29 is 41.7 Å². The number of fused-ring (bicyclic) bond motifs is 2. The van der Waals surface area contributed by atoms with Gasteiger partial charge in [0.15, 0.2) is 0 Å².